The number of rotatable bonds is 2. The Hall–Kier alpha value is -2.19. The van der Waals surface area contributed by atoms with Crippen LogP contribution in [0.25, 0.3) is 6.08 Å². The first kappa shape index (κ1) is 15.7. The van der Waals surface area contributed by atoms with E-state index < -0.39 is 4.92 Å². The molecule has 120 valence electrons. The van der Waals surface area contributed by atoms with Crippen molar-refractivity contribution in [3.05, 3.63) is 44.8 Å². The Morgan fingerprint density at radius 3 is 2.74 bits per heavy atom. The van der Waals surface area contributed by atoms with E-state index in [-0.39, 0.29) is 11.6 Å². The Labute approximate surface area is 137 Å². The zero-order chi connectivity index (χ0) is 16.4. The molecule has 0 saturated carbocycles. The molecule has 2 aliphatic rings. The number of non-ortho nitro benzene ring substituents is 1. The number of nitro benzene ring substituents is 1. The SMILES string of the molecule is CN1CCN(C2=NC(=O)C(=Cc3cccc([N+](=O)[O-])c3)S2)CC1. The van der Waals surface area contributed by atoms with Crippen molar-refractivity contribution in [3.8, 4) is 0 Å². The van der Waals surface area contributed by atoms with E-state index in [0.29, 0.717) is 10.5 Å². The summed E-state index contributed by atoms with van der Waals surface area (Å²) in [6.45, 7) is 3.58. The largest absolute Gasteiger partial charge is 0.348 e. The van der Waals surface area contributed by atoms with Crippen molar-refractivity contribution >= 4 is 34.6 Å². The molecule has 8 heteroatoms. The average Bonchev–Trinajstić information content (AvgIpc) is 2.89. The van der Waals surface area contributed by atoms with E-state index >= 15 is 0 Å². The second-order valence-corrected chi connectivity index (χ2v) is 6.46. The summed E-state index contributed by atoms with van der Waals surface area (Å²) in [5, 5.41) is 11.5. The monoisotopic (exact) mass is 332 g/mol. The van der Waals surface area contributed by atoms with Crippen molar-refractivity contribution in [1.29, 1.82) is 0 Å². The molecule has 0 aromatic heterocycles. The number of hydrogen-bond acceptors (Lipinski definition) is 6. The maximum Gasteiger partial charge on any atom is 0.286 e. The Balaban J connectivity index is 1.74. The Morgan fingerprint density at radius 2 is 2.04 bits per heavy atom. The van der Waals surface area contributed by atoms with Gasteiger partial charge in [0.05, 0.1) is 9.83 Å². The number of piperazine rings is 1. The van der Waals surface area contributed by atoms with Gasteiger partial charge >= 0.3 is 0 Å². The summed E-state index contributed by atoms with van der Waals surface area (Å²) in [5.41, 5.74) is 0.639. The molecule has 1 aromatic rings. The van der Waals surface area contributed by atoms with Crippen molar-refractivity contribution in [3.63, 3.8) is 0 Å². The van der Waals surface area contributed by atoms with E-state index in [2.05, 4.69) is 21.8 Å². The number of carbonyl (C=O) groups excluding carboxylic acids is 1. The van der Waals surface area contributed by atoms with Crippen molar-refractivity contribution in [1.82, 2.24) is 9.80 Å². The van der Waals surface area contributed by atoms with Gasteiger partial charge in [0, 0.05) is 38.3 Å². The first-order chi connectivity index (χ1) is 11.0. The van der Waals surface area contributed by atoms with Crippen LogP contribution in [0.5, 0.6) is 0 Å². The Kier molecular flexibility index (Phi) is 4.44. The van der Waals surface area contributed by atoms with Gasteiger partial charge in [-0.2, -0.15) is 4.99 Å². The molecule has 0 spiro atoms. The summed E-state index contributed by atoms with van der Waals surface area (Å²) in [4.78, 5) is 31.4. The zero-order valence-corrected chi connectivity index (χ0v) is 13.5. The van der Waals surface area contributed by atoms with E-state index in [1.54, 1.807) is 18.2 Å². The molecule has 1 saturated heterocycles. The fourth-order valence-corrected chi connectivity index (χ4v) is 3.38. The molecule has 1 amide bonds. The standard InChI is InChI=1S/C15H16N4O3S/c1-17-5-7-18(8-6-17)15-16-14(20)13(23-15)10-11-3-2-4-12(9-11)19(21)22/h2-4,9-10H,5-8H2,1H3. The van der Waals surface area contributed by atoms with Crippen LogP contribution in [-0.4, -0.2) is 59.0 Å². The summed E-state index contributed by atoms with van der Waals surface area (Å²) in [7, 11) is 2.07. The highest BCUT2D eigenvalue weighted by atomic mass is 32.2. The molecule has 7 nitrogen and oxygen atoms in total. The van der Waals surface area contributed by atoms with Gasteiger partial charge in [-0.3, -0.25) is 14.9 Å². The fraction of sp³-hybridized carbons (Fsp3) is 0.333. The van der Waals surface area contributed by atoms with Gasteiger partial charge in [-0.15, -0.1) is 0 Å². The quantitative estimate of drug-likeness (QED) is 0.467. The van der Waals surface area contributed by atoms with Crippen LogP contribution in [0.15, 0.2) is 34.2 Å². The molecule has 3 rings (SSSR count). The summed E-state index contributed by atoms with van der Waals surface area (Å²) in [5.74, 6) is -0.282. The number of nitrogens with zero attached hydrogens (tertiary/aromatic N) is 4. The smallest absolute Gasteiger partial charge is 0.286 e. The molecular weight excluding hydrogens is 316 g/mol. The van der Waals surface area contributed by atoms with Crippen molar-refractivity contribution in [2.45, 2.75) is 0 Å². The van der Waals surface area contributed by atoms with Crippen molar-refractivity contribution < 1.29 is 9.72 Å². The normalized spacial score (nSPS) is 20.9. The molecule has 0 atom stereocenters. The molecule has 1 aromatic carbocycles. The zero-order valence-electron chi connectivity index (χ0n) is 12.6. The van der Waals surface area contributed by atoms with Crippen LogP contribution in [0.3, 0.4) is 0 Å². The molecule has 2 aliphatic heterocycles. The minimum atomic E-state index is -0.447. The van der Waals surface area contributed by atoms with Crippen molar-refractivity contribution in [2.75, 3.05) is 33.2 Å². The first-order valence-corrected chi connectivity index (χ1v) is 8.05. The number of thioether (sulfide) groups is 1. The minimum Gasteiger partial charge on any atom is -0.348 e. The predicted octanol–water partition coefficient (Wildman–Crippen LogP) is 1.81. The van der Waals surface area contributed by atoms with Crippen LogP contribution in [0.4, 0.5) is 5.69 Å². The third kappa shape index (κ3) is 3.59. The second-order valence-electron chi connectivity index (χ2n) is 5.45. The first-order valence-electron chi connectivity index (χ1n) is 7.23. The van der Waals surface area contributed by atoms with Crippen LogP contribution >= 0.6 is 11.8 Å². The van der Waals surface area contributed by atoms with E-state index in [4.69, 9.17) is 0 Å². The lowest BCUT2D eigenvalue weighted by molar-refractivity contribution is -0.384. The molecule has 0 bridgehead atoms. The van der Waals surface area contributed by atoms with Crippen molar-refractivity contribution in [2.24, 2.45) is 4.99 Å². The van der Waals surface area contributed by atoms with Gasteiger partial charge < -0.3 is 9.80 Å². The summed E-state index contributed by atoms with van der Waals surface area (Å²) >= 11 is 1.33. The summed E-state index contributed by atoms with van der Waals surface area (Å²) in [6, 6.07) is 6.23. The minimum absolute atomic E-state index is 0.00926. The van der Waals surface area contributed by atoms with Crippen LogP contribution in [-0.2, 0) is 4.79 Å². The number of amides is 1. The van der Waals surface area contributed by atoms with Gasteiger partial charge in [0.25, 0.3) is 11.6 Å². The number of nitro groups is 1. The van der Waals surface area contributed by atoms with Crippen LogP contribution < -0.4 is 0 Å². The molecule has 2 heterocycles. The van der Waals surface area contributed by atoms with E-state index in [1.165, 1.54) is 23.9 Å². The lowest BCUT2D eigenvalue weighted by atomic mass is 10.2. The molecule has 0 aliphatic carbocycles. The summed E-state index contributed by atoms with van der Waals surface area (Å²) in [6.07, 6.45) is 1.66. The van der Waals surface area contributed by atoms with Gasteiger partial charge in [0.2, 0.25) is 0 Å². The predicted molar refractivity (Wildman–Crippen MR) is 90.2 cm³/mol. The van der Waals surface area contributed by atoms with E-state index in [1.807, 2.05) is 0 Å². The molecule has 0 N–H and O–H groups in total. The van der Waals surface area contributed by atoms with Crippen LogP contribution in [0.1, 0.15) is 5.56 Å². The van der Waals surface area contributed by atoms with Gasteiger partial charge in [-0.05, 0) is 30.4 Å². The van der Waals surface area contributed by atoms with Crippen LogP contribution in [0, 0.1) is 10.1 Å². The molecular formula is C15H16N4O3S. The van der Waals surface area contributed by atoms with Gasteiger partial charge in [-0.1, -0.05) is 12.1 Å². The van der Waals surface area contributed by atoms with E-state index in [9.17, 15) is 14.9 Å². The lowest BCUT2D eigenvalue weighted by Crippen LogP contribution is -2.46. The lowest BCUT2D eigenvalue weighted by Gasteiger charge is -2.32. The second kappa shape index (κ2) is 6.51. The van der Waals surface area contributed by atoms with Crippen LogP contribution in [0.2, 0.25) is 0 Å². The average molecular weight is 332 g/mol. The highest BCUT2D eigenvalue weighted by Crippen LogP contribution is 2.31. The topological polar surface area (TPSA) is 79.0 Å². The molecule has 23 heavy (non-hydrogen) atoms. The number of likely N-dealkylation sites (N-methyl/N-ethyl adjacent to an activating group) is 1. The molecule has 1 fully saturated rings. The fourth-order valence-electron chi connectivity index (χ4n) is 2.41. The van der Waals surface area contributed by atoms with E-state index in [0.717, 1.165) is 31.3 Å². The molecule has 0 radical (unpaired) electrons. The molecule has 0 unspecified atom stereocenters. The third-order valence-electron chi connectivity index (χ3n) is 3.76. The number of benzene rings is 1. The maximum atomic E-state index is 12.1. The van der Waals surface area contributed by atoms with Gasteiger partial charge in [-0.25, -0.2) is 0 Å². The number of hydrogen-bond donors (Lipinski definition) is 0. The number of aliphatic imine (C=N–C) groups is 1. The Morgan fingerprint density at radius 1 is 1.30 bits per heavy atom. The summed E-state index contributed by atoms with van der Waals surface area (Å²) < 4.78 is 0. The highest BCUT2D eigenvalue weighted by Gasteiger charge is 2.27. The van der Waals surface area contributed by atoms with Gasteiger partial charge in [0.15, 0.2) is 5.17 Å². The third-order valence-corrected chi connectivity index (χ3v) is 4.81. The number of carbonyl (C=O) groups is 1. The van der Waals surface area contributed by atoms with Gasteiger partial charge in [0.1, 0.15) is 0 Å². The Bertz CT molecular complexity index is 708. The maximum absolute atomic E-state index is 12.1. The highest BCUT2D eigenvalue weighted by molar-refractivity contribution is 8.18. The number of amidine groups is 1.